The van der Waals surface area contributed by atoms with Gasteiger partial charge in [-0.3, -0.25) is 0 Å². The van der Waals surface area contributed by atoms with Crippen molar-refractivity contribution in [1.29, 1.82) is 0 Å². The number of aliphatic hydroxyl groups excluding tert-OH is 1. The van der Waals surface area contributed by atoms with E-state index in [1.807, 2.05) is 30.3 Å². The first kappa shape index (κ1) is 13.8. The molecule has 0 saturated carbocycles. The molecule has 0 atom stereocenters. The Balaban J connectivity index is 2.45. The topological polar surface area (TPSA) is 29.5 Å². The van der Waals surface area contributed by atoms with Crippen molar-refractivity contribution >= 4 is 18.4 Å². The fourth-order valence-corrected chi connectivity index (χ4v) is 5.22. The van der Waals surface area contributed by atoms with Crippen LogP contribution in [0.1, 0.15) is 5.56 Å². The zero-order valence-corrected chi connectivity index (χ0v) is 12.7. The van der Waals surface area contributed by atoms with Gasteiger partial charge in [0.05, 0.1) is 13.7 Å². The molecule has 2 aromatic carbocycles. The molecule has 0 fully saturated rings. The molecule has 0 aliphatic heterocycles. The summed E-state index contributed by atoms with van der Waals surface area (Å²) in [5.41, 5.74) is 1.04. The molecule has 0 bridgehead atoms. The van der Waals surface area contributed by atoms with Gasteiger partial charge in [-0.25, -0.2) is 0 Å². The first-order valence-electron chi connectivity index (χ1n) is 6.43. The maximum absolute atomic E-state index is 9.51. The third-order valence-electron chi connectivity index (χ3n) is 3.67. The number of hydrogen-bond acceptors (Lipinski definition) is 2. The van der Waals surface area contributed by atoms with Gasteiger partial charge in [0.15, 0.2) is 0 Å². The van der Waals surface area contributed by atoms with Gasteiger partial charge in [0, 0.05) is 0 Å². The summed E-state index contributed by atoms with van der Waals surface area (Å²) in [6.45, 7) is 4.72. The van der Waals surface area contributed by atoms with E-state index in [-0.39, 0.29) is 6.61 Å². The number of aliphatic hydroxyl groups is 1. The Hall–Kier alpha value is -1.58. The number of benzene rings is 2. The predicted molar refractivity (Wildman–Crippen MR) is 82.1 cm³/mol. The zero-order chi connectivity index (χ0) is 13.9. The van der Waals surface area contributed by atoms with Crippen molar-refractivity contribution in [2.24, 2.45) is 0 Å². The molecule has 0 unspecified atom stereocenters. The summed E-state index contributed by atoms with van der Waals surface area (Å²) >= 11 is 0. The van der Waals surface area contributed by atoms with E-state index < -0.39 is 8.07 Å². The van der Waals surface area contributed by atoms with Gasteiger partial charge in [-0.05, 0) is 22.9 Å². The highest BCUT2D eigenvalue weighted by Gasteiger charge is 2.27. The SMILES string of the molecule is COc1ccc([Si](C)(C)c2ccccc2CO)cc1. The van der Waals surface area contributed by atoms with Crippen molar-refractivity contribution < 1.29 is 9.84 Å². The molecule has 19 heavy (non-hydrogen) atoms. The molecule has 2 nitrogen and oxygen atoms in total. The van der Waals surface area contributed by atoms with Gasteiger partial charge >= 0.3 is 0 Å². The number of rotatable bonds is 4. The number of ether oxygens (including phenoxy) is 1. The van der Waals surface area contributed by atoms with E-state index in [9.17, 15) is 5.11 Å². The second-order valence-electron chi connectivity index (χ2n) is 5.17. The first-order chi connectivity index (χ1) is 9.09. The lowest BCUT2D eigenvalue weighted by Gasteiger charge is -2.26. The van der Waals surface area contributed by atoms with Gasteiger partial charge in [-0.1, -0.05) is 54.7 Å². The fourth-order valence-electron chi connectivity index (χ4n) is 2.43. The molecule has 0 aromatic heterocycles. The monoisotopic (exact) mass is 272 g/mol. The van der Waals surface area contributed by atoms with Crippen molar-refractivity contribution in [3.05, 3.63) is 54.1 Å². The highest BCUT2D eigenvalue weighted by atomic mass is 28.3. The second-order valence-corrected chi connectivity index (χ2v) is 9.53. The molecule has 3 heteroatoms. The number of hydrogen-bond donors (Lipinski definition) is 1. The molecular formula is C16H20O2Si. The lowest BCUT2D eigenvalue weighted by atomic mass is 10.2. The lowest BCUT2D eigenvalue weighted by molar-refractivity contribution is 0.283. The third kappa shape index (κ3) is 2.72. The van der Waals surface area contributed by atoms with Crippen LogP contribution in [0.3, 0.4) is 0 Å². The second kappa shape index (κ2) is 5.59. The lowest BCUT2D eigenvalue weighted by Crippen LogP contribution is -2.54. The average Bonchev–Trinajstić information content (AvgIpc) is 2.47. The van der Waals surface area contributed by atoms with Gasteiger partial charge in [-0.15, -0.1) is 0 Å². The molecule has 0 aliphatic rings. The molecule has 2 aromatic rings. The van der Waals surface area contributed by atoms with Crippen LogP contribution in [0, 0.1) is 0 Å². The van der Waals surface area contributed by atoms with Crippen LogP contribution >= 0.6 is 0 Å². The van der Waals surface area contributed by atoms with Crippen LogP contribution in [0.15, 0.2) is 48.5 Å². The molecule has 0 spiro atoms. The van der Waals surface area contributed by atoms with E-state index in [1.165, 1.54) is 10.4 Å². The van der Waals surface area contributed by atoms with E-state index in [0.717, 1.165) is 11.3 Å². The molecule has 0 aliphatic carbocycles. The average molecular weight is 272 g/mol. The van der Waals surface area contributed by atoms with Crippen LogP contribution in [0.4, 0.5) is 0 Å². The van der Waals surface area contributed by atoms with Crippen LogP contribution in [-0.4, -0.2) is 20.3 Å². The van der Waals surface area contributed by atoms with E-state index in [4.69, 9.17) is 4.74 Å². The van der Waals surface area contributed by atoms with Crippen LogP contribution in [-0.2, 0) is 6.61 Å². The highest BCUT2D eigenvalue weighted by Crippen LogP contribution is 2.12. The van der Waals surface area contributed by atoms with Crippen molar-refractivity contribution in [3.8, 4) is 5.75 Å². The van der Waals surface area contributed by atoms with Gasteiger partial charge in [0.2, 0.25) is 0 Å². The Morgan fingerprint density at radius 3 is 2.21 bits per heavy atom. The minimum atomic E-state index is -1.77. The smallest absolute Gasteiger partial charge is 0.118 e. The molecule has 0 saturated heterocycles. The normalized spacial score (nSPS) is 11.4. The van der Waals surface area contributed by atoms with Gasteiger partial charge in [0.1, 0.15) is 13.8 Å². The van der Waals surface area contributed by atoms with Crippen LogP contribution < -0.4 is 15.1 Å². The first-order valence-corrected chi connectivity index (χ1v) is 9.43. The molecule has 100 valence electrons. The highest BCUT2D eigenvalue weighted by molar-refractivity contribution is 7.00. The molecular weight excluding hydrogens is 252 g/mol. The third-order valence-corrected chi connectivity index (χ3v) is 7.28. The van der Waals surface area contributed by atoms with Crippen LogP contribution in [0.2, 0.25) is 13.1 Å². The number of methoxy groups -OCH3 is 1. The van der Waals surface area contributed by atoms with Crippen LogP contribution in [0.25, 0.3) is 0 Å². The summed E-state index contributed by atoms with van der Waals surface area (Å²) in [5, 5.41) is 12.1. The van der Waals surface area contributed by atoms with E-state index in [0.29, 0.717) is 0 Å². The maximum atomic E-state index is 9.51. The van der Waals surface area contributed by atoms with E-state index >= 15 is 0 Å². The molecule has 0 radical (unpaired) electrons. The van der Waals surface area contributed by atoms with Gasteiger partial charge in [0.25, 0.3) is 0 Å². The Labute approximate surface area is 115 Å². The van der Waals surface area contributed by atoms with Crippen molar-refractivity contribution in [3.63, 3.8) is 0 Å². The van der Waals surface area contributed by atoms with Crippen LogP contribution in [0.5, 0.6) is 5.75 Å². The fraction of sp³-hybridized carbons (Fsp3) is 0.250. The Kier molecular flexibility index (Phi) is 4.07. The quantitative estimate of drug-likeness (QED) is 0.863. The van der Waals surface area contributed by atoms with E-state index in [1.54, 1.807) is 7.11 Å². The molecule has 0 heterocycles. The minimum absolute atomic E-state index is 0.1000. The van der Waals surface area contributed by atoms with Crippen molar-refractivity contribution in [1.82, 2.24) is 0 Å². The molecule has 1 N–H and O–H groups in total. The summed E-state index contributed by atoms with van der Waals surface area (Å²) in [6, 6.07) is 16.5. The largest absolute Gasteiger partial charge is 0.497 e. The standard InChI is InChI=1S/C16H20O2Si/c1-18-14-8-10-15(11-9-14)19(2,3)16-7-5-4-6-13(16)12-17/h4-11,17H,12H2,1-3H3. The Bertz CT molecular complexity index is 547. The summed E-state index contributed by atoms with van der Waals surface area (Å²) in [6.07, 6.45) is 0. The zero-order valence-electron chi connectivity index (χ0n) is 11.7. The summed E-state index contributed by atoms with van der Waals surface area (Å²) in [4.78, 5) is 0. The Morgan fingerprint density at radius 2 is 1.63 bits per heavy atom. The molecule has 0 amide bonds. The maximum Gasteiger partial charge on any atom is 0.118 e. The van der Waals surface area contributed by atoms with Gasteiger partial charge in [-0.2, -0.15) is 0 Å². The van der Waals surface area contributed by atoms with E-state index in [2.05, 4.69) is 31.3 Å². The summed E-state index contributed by atoms with van der Waals surface area (Å²) in [7, 11) is -0.0931. The minimum Gasteiger partial charge on any atom is -0.497 e. The van der Waals surface area contributed by atoms with Crippen molar-refractivity contribution in [2.75, 3.05) is 7.11 Å². The Morgan fingerprint density at radius 1 is 1.00 bits per heavy atom. The van der Waals surface area contributed by atoms with Crippen molar-refractivity contribution in [2.45, 2.75) is 19.7 Å². The molecule has 2 rings (SSSR count). The summed E-state index contributed by atoms with van der Waals surface area (Å²) < 4.78 is 5.21. The predicted octanol–water partition coefficient (Wildman–Crippen LogP) is 2.01. The van der Waals surface area contributed by atoms with Gasteiger partial charge < -0.3 is 9.84 Å². The summed E-state index contributed by atoms with van der Waals surface area (Å²) in [5.74, 6) is 0.879.